The number of methoxy groups -OCH3 is 1. The van der Waals surface area contributed by atoms with Crippen molar-refractivity contribution in [2.24, 2.45) is 0 Å². The van der Waals surface area contributed by atoms with Gasteiger partial charge in [-0.2, -0.15) is 0 Å². The summed E-state index contributed by atoms with van der Waals surface area (Å²) in [5, 5.41) is 0. The molecule has 3 nitrogen and oxygen atoms in total. The van der Waals surface area contributed by atoms with Gasteiger partial charge in [-0.3, -0.25) is 0 Å². The molecule has 0 heterocycles. The minimum atomic E-state index is -0.278. The van der Waals surface area contributed by atoms with E-state index in [2.05, 4.69) is 19.1 Å². The van der Waals surface area contributed by atoms with E-state index in [-0.39, 0.29) is 5.97 Å². The first kappa shape index (κ1) is 15.3. The lowest BCUT2D eigenvalue weighted by atomic mass is 10.2. The Kier molecular flexibility index (Phi) is 7.40. The minimum absolute atomic E-state index is 0.278. The Morgan fingerprint density at radius 2 is 1.84 bits per heavy atom. The molecule has 0 aromatic heterocycles. The zero-order chi connectivity index (χ0) is 13.9. The predicted octanol–water partition coefficient (Wildman–Crippen LogP) is 3.99. The Morgan fingerprint density at radius 1 is 1.16 bits per heavy atom. The summed E-state index contributed by atoms with van der Waals surface area (Å²) in [7, 11) is 1.60. The third kappa shape index (κ3) is 6.09. The predicted molar refractivity (Wildman–Crippen MR) is 76.6 cm³/mol. The summed E-state index contributed by atoms with van der Waals surface area (Å²) >= 11 is 0. The van der Waals surface area contributed by atoms with Crippen molar-refractivity contribution in [1.82, 2.24) is 0 Å². The number of carbonyl (C=O) groups excluding carboxylic acids is 1. The molecule has 0 atom stereocenters. The Balaban J connectivity index is 2.23. The van der Waals surface area contributed by atoms with Gasteiger partial charge in [0.2, 0.25) is 0 Å². The summed E-state index contributed by atoms with van der Waals surface area (Å²) in [6, 6.07) is 6.93. The highest BCUT2D eigenvalue weighted by Gasteiger charge is 2.06. The number of allylic oxidation sites excluding steroid dienone is 2. The molecule has 1 aromatic carbocycles. The van der Waals surface area contributed by atoms with Gasteiger partial charge in [-0.15, -0.1) is 0 Å². The summed E-state index contributed by atoms with van der Waals surface area (Å²) in [6.45, 7) is 2.61. The third-order valence-corrected chi connectivity index (χ3v) is 2.70. The molecule has 0 amide bonds. The van der Waals surface area contributed by atoms with Gasteiger partial charge in [0.15, 0.2) is 0 Å². The largest absolute Gasteiger partial charge is 0.497 e. The standard InChI is InChI=1S/C16H22O3/c1-3-4-5-6-7-8-13-19-16(17)14-9-11-15(18-2)12-10-14/h5-6,9-12H,3-4,7-8,13H2,1-2H3/b6-5+. The van der Waals surface area contributed by atoms with Gasteiger partial charge in [-0.1, -0.05) is 25.5 Å². The molecule has 104 valence electrons. The first-order valence-corrected chi connectivity index (χ1v) is 6.74. The van der Waals surface area contributed by atoms with Crippen LogP contribution in [-0.4, -0.2) is 19.7 Å². The zero-order valence-corrected chi connectivity index (χ0v) is 11.7. The first-order chi connectivity index (χ1) is 9.27. The molecule has 0 aliphatic carbocycles. The molecule has 0 unspecified atom stereocenters. The van der Waals surface area contributed by atoms with Crippen molar-refractivity contribution in [1.29, 1.82) is 0 Å². The van der Waals surface area contributed by atoms with E-state index in [4.69, 9.17) is 9.47 Å². The van der Waals surface area contributed by atoms with E-state index < -0.39 is 0 Å². The third-order valence-electron chi connectivity index (χ3n) is 2.70. The molecule has 0 N–H and O–H groups in total. The maximum Gasteiger partial charge on any atom is 0.338 e. The van der Waals surface area contributed by atoms with Crippen molar-refractivity contribution >= 4 is 5.97 Å². The molecule has 0 saturated carbocycles. The van der Waals surface area contributed by atoms with Crippen LogP contribution in [0.15, 0.2) is 36.4 Å². The van der Waals surface area contributed by atoms with Crippen LogP contribution in [0.5, 0.6) is 5.75 Å². The molecule has 0 radical (unpaired) electrons. The second-order valence-electron chi connectivity index (χ2n) is 4.27. The van der Waals surface area contributed by atoms with Gasteiger partial charge in [0.25, 0.3) is 0 Å². The zero-order valence-electron chi connectivity index (χ0n) is 11.7. The summed E-state index contributed by atoms with van der Waals surface area (Å²) in [5.41, 5.74) is 0.558. The van der Waals surface area contributed by atoms with Crippen LogP contribution in [0.25, 0.3) is 0 Å². The van der Waals surface area contributed by atoms with Crippen LogP contribution >= 0.6 is 0 Å². The number of hydrogen-bond donors (Lipinski definition) is 0. The van der Waals surface area contributed by atoms with Crippen molar-refractivity contribution in [3.8, 4) is 5.75 Å². The van der Waals surface area contributed by atoms with E-state index in [1.54, 1.807) is 31.4 Å². The van der Waals surface area contributed by atoms with E-state index in [0.717, 1.165) is 25.0 Å². The molecule has 19 heavy (non-hydrogen) atoms. The molecule has 1 aromatic rings. The monoisotopic (exact) mass is 262 g/mol. The molecular formula is C16H22O3. The molecule has 1 rings (SSSR count). The number of unbranched alkanes of at least 4 members (excludes halogenated alkanes) is 2. The lowest BCUT2D eigenvalue weighted by molar-refractivity contribution is 0.0501. The fourth-order valence-corrected chi connectivity index (χ4v) is 1.58. The quantitative estimate of drug-likeness (QED) is 0.404. The van der Waals surface area contributed by atoms with Crippen molar-refractivity contribution in [3.05, 3.63) is 42.0 Å². The van der Waals surface area contributed by atoms with Crippen molar-refractivity contribution < 1.29 is 14.3 Å². The van der Waals surface area contributed by atoms with E-state index in [1.165, 1.54) is 6.42 Å². The van der Waals surface area contributed by atoms with Gasteiger partial charge in [0, 0.05) is 0 Å². The van der Waals surface area contributed by atoms with Gasteiger partial charge >= 0.3 is 5.97 Å². The molecule has 0 aliphatic heterocycles. The summed E-state index contributed by atoms with van der Waals surface area (Å²) < 4.78 is 10.2. The fourth-order valence-electron chi connectivity index (χ4n) is 1.58. The van der Waals surface area contributed by atoms with Crippen LogP contribution in [0.1, 0.15) is 43.0 Å². The van der Waals surface area contributed by atoms with Crippen LogP contribution in [0.4, 0.5) is 0 Å². The van der Waals surface area contributed by atoms with Gasteiger partial charge in [-0.25, -0.2) is 4.79 Å². The van der Waals surface area contributed by atoms with Crippen LogP contribution in [-0.2, 0) is 4.74 Å². The maximum atomic E-state index is 11.7. The van der Waals surface area contributed by atoms with Crippen molar-refractivity contribution in [3.63, 3.8) is 0 Å². The first-order valence-electron chi connectivity index (χ1n) is 6.74. The molecule has 0 spiro atoms. The number of carbonyl (C=O) groups is 1. The number of hydrogen-bond acceptors (Lipinski definition) is 3. The second-order valence-corrected chi connectivity index (χ2v) is 4.27. The SMILES string of the molecule is CCC/C=C/CCCOC(=O)c1ccc(OC)cc1. The summed E-state index contributed by atoms with van der Waals surface area (Å²) in [6.07, 6.45) is 8.42. The average Bonchev–Trinajstić information content (AvgIpc) is 2.46. The van der Waals surface area contributed by atoms with Crippen molar-refractivity contribution in [2.75, 3.05) is 13.7 Å². The molecule has 0 aliphatic rings. The highest BCUT2D eigenvalue weighted by atomic mass is 16.5. The Hall–Kier alpha value is -1.77. The van der Waals surface area contributed by atoms with Gasteiger partial charge in [0.1, 0.15) is 5.75 Å². The van der Waals surface area contributed by atoms with Crippen LogP contribution in [0, 0.1) is 0 Å². The Morgan fingerprint density at radius 3 is 2.47 bits per heavy atom. The van der Waals surface area contributed by atoms with Crippen LogP contribution < -0.4 is 4.74 Å². The van der Waals surface area contributed by atoms with Gasteiger partial charge in [-0.05, 0) is 43.5 Å². The van der Waals surface area contributed by atoms with E-state index in [0.29, 0.717) is 12.2 Å². The smallest absolute Gasteiger partial charge is 0.338 e. The van der Waals surface area contributed by atoms with Crippen LogP contribution in [0.3, 0.4) is 0 Å². The van der Waals surface area contributed by atoms with Gasteiger partial charge < -0.3 is 9.47 Å². The second kappa shape index (κ2) is 9.20. The maximum absolute atomic E-state index is 11.7. The molecule has 0 bridgehead atoms. The fraction of sp³-hybridized carbons (Fsp3) is 0.438. The van der Waals surface area contributed by atoms with Crippen molar-refractivity contribution in [2.45, 2.75) is 32.6 Å². The topological polar surface area (TPSA) is 35.5 Å². The summed E-state index contributed by atoms with van der Waals surface area (Å²) in [4.78, 5) is 11.7. The number of esters is 1. The van der Waals surface area contributed by atoms with E-state index >= 15 is 0 Å². The molecule has 3 heteroatoms. The van der Waals surface area contributed by atoms with E-state index in [9.17, 15) is 4.79 Å². The highest BCUT2D eigenvalue weighted by molar-refractivity contribution is 5.89. The van der Waals surface area contributed by atoms with E-state index in [1.807, 2.05) is 0 Å². The highest BCUT2D eigenvalue weighted by Crippen LogP contribution is 2.12. The number of ether oxygens (including phenoxy) is 2. The minimum Gasteiger partial charge on any atom is -0.497 e. The lowest BCUT2D eigenvalue weighted by Crippen LogP contribution is -2.06. The average molecular weight is 262 g/mol. The van der Waals surface area contributed by atoms with Crippen LogP contribution in [0.2, 0.25) is 0 Å². The van der Waals surface area contributed by atoms with Gasteiger partial charge in [0.05, 0.1) is 19.3 Å². The Bertz CT molecular complexity index is 393. The molecule has 0 fully saturated rings. The number of rotatable bonds is 8. The lowest BCUT2D eigenvalue weighted by Gasteiger charge is -2.04. The molecule has 0 saturated heterocycles. The summed E-state index contributed by atoms with van der Waals surface area (Å²) in [5.74, 6) is 0.456. The normalized spacial score (nSPS) is 10.6. The Labute approximate surface area is 115 Å². The number of benzene rings is 1. The molecular weight excluding hydrogens is 240 g/mol.